The second-order valence-electron chi connectivity index (χ2n) is 6.92. The number of hydrogen-bond acceptors (Lipinski definition) is 4. The molecule has 5 nitrogen and oxygen atoms in total. The van der Waals surface area contributed by atoms with Crippen LogP contribution in [-0.2, 0) is 20.9 Å². The molecule has 0 saturated heterocycles. The van der Waals surface area contributed by atoms with Gasteiger partial charge in [-0.3, -0.25) is 9.69 Å². The molecule has 27 heavy (non-hydrogen) atoms. The van der Waals surface area contributed by atoms with Crippen LogP contribution >= 0.6 is 11.6 Å². The van der Waals surface area contributed by atoms with Crippen molar-refractivity contribution in [3.05, 3.63) is 59.1 Å². The minimum atomic E-state index is -1.09. The summed E-state index contributed by atoms with van der Waals surface area (Å²) in [5, 5.41) is 0.461. The highest BCUT2D eigenvalue weighted by Gasteiger charge is 2.45. The van der Waals surface area contributed by atoms with Crippen molar-refractivity contribution in [1.82, 2.24) is 0 Å². The van der Waals surface area contributed by atoms with Gasteiger partial charge in [0.1, 0.15) is 18.4 Å². The van der Waals surface area contributed by atoms with Crippen LogP contribution in [-0.4, -0.2) is 23.5 Å². The molecule has 2 aromatic carbocycles. The zero-order valence-electron chi connectivity index (χ0n) is 15.6. The molecule has 0 aliphatic carbocycles. The number of anilines is 1. The van der Waals surface area contributed by atoms with Crippen LogP contribution in [0.25, 0.3) is 0 Å². The fraction of sp³-hybridized carbons (Fsp3) is 0.333. The lowest BCUT2D eigenvalue weighted by atomic mass is 10.0. The van der Waals surface area contributed by atoms with E-state index in [4.69, 9.17) is 21.1 Å². The van der Waals surface area contributed by atoms with Crippen LogP contribution in [0.2, 0.25) is 5.02 Å². The van der Waals surface area contributed by atoms with Crippen molar-refractivity contribution < 1.29 is 19.1 Å². The molecule has 0 radical (unpaired) electrons. The predicted molar refractivity (Wildman–Crippen MR) is 104 cm³/mol. The van der Waals surface area contributed by atoms with Crippen LogP contribution in [0.4, 0.5) is 5.69 Å². The van der Waals surface area contributed by atoms with Crippen LogP contribution in [0.5, 0.6) is 5.75 Å². The second-order valence-corrected chi connectivity index (χ2v) is 7.35. The normalized spacial score (nSPS) is 16.3. The number of carbonyl (C=O) groups is 2. The van der Waals surface area contributed by atoms with Gasteiger partial charge in [-0.1, -0.05) is 48.9 Å². The van der Waals surface area contributed by atoms with Gasteiger partial charge in [-0.25, -0.2) is 4.79 Å². The number of amides is 1. The van der Waals surface area contributed by atoms with Crippen molar-refractivity contribution in [3.63, 3.8) is 0 Å². The zero-order valence-corrected chi connectivity index (χ0v) is 16.3. The molecular weight excluding hydrogens is 366 g/mol. The molecule has 0 aromatic heterocycles. The average Bonchev–Trinajstić information content (AvgIpc) is 2.65. The van der Waals surface area contributed by atoms with Gasteiger partial charge in [0.15, 0.2) is 5.60 Å². The van der Waals surface area contributed by atoms with E-state index in [1.54, 1.807) is 32.0 Å². The molecule has 2 aromatic rings. The third kappa shape index (κ3) is 3.93. The monoisotopic (exact) mass is 387 g/mol. The Bertz CT molecular complexity index is 851. The Morgan fingerprint density at radius 2 is 1.93 bits per heavy atom. The summed E-state index contributed by atoms with van der Waals surface area (Å²) in [6.45, 7) is 5.36. The smallest absolute Gasteiger partial charge is 0.329 e. The quantitative estimate of drug-likeness (QED) is 0.715. The highest BCUT2D eigenvalue weighted by Crippen LogP contribution is 2.41. The number of rotatable bonds is 5. The zero-order chi connectivity index (χ0) is 19.6. The summed E-state index contributed by atoms with van der Waals surface area (Å²) < 4.78 is 11.3. The summed E-state index contributed by atoms with van der Waals surface area (Å²) in [5.41, 5.74) is 0.279. The highest BCUT2D eigenvalue weighted by atomic mass is 35.5. The first-order chi connectivity index (χ1) is 12.8. The molecule has 6 heteroatoms. The number of hydrogen-bond donors (Lipinski definition) is 0. The van der Waals surface area contributed by atoms with Gasteiger partial charge in [0.2, 0.25) is 0 Å². The molecule has 1 aliphatic heterocycles. The molecule has 0 bridgehead atoms. The summed E-state index contributed by atoms with van der Waals surface area (Å²) in [6.07, 6.45) is 0.404. The van der Waals surface area contributed by atoms with Crippen molar-refractivity contribution in [2.75, 3.05) is 4.90 Å². The topological polar surface area (TPSA) is 55.8 Å². The van der Waals surface area contributed by atoms with Crippen LogP contribution < -0.4 is 9.64 Å². The summed E-state index contributed by atoms with van der Waals surface area (Å²) in [5.74, 6) is -0.252. The molecule has 1 aliphatic rings. The summed E-state index contributed by atoms with van der Waals surface area (Å²) in [7, 11) is 0. The lowest BCUT2D eigenvalue weighted by Gasteiger charge is -2.41. The van der Waals surface area contributed by atoms with E-state index in [1.165, 1.54) is 4.90 Å². The van der Waals surface area contributed by atoms with Gasteiger partial charge < -0.3 is 9.47 Å². The van der Waals surface area contributed by atoms with Crippen LogP contribution in [0.3, 0.4) is 0 Å². The first kappa shape index (κ1) is 19.2. The summed E-state index contributed by atoms with van der Waals surface area (Å²) >= 11 is 6.12. The molecule has 1 unspecified atom stereocenters. The Hall–Kier alpha value is -2.53. The van der Waals surface area contributed by atoms with Gasteiger partial charge in [-0.05, 0) is 44.0 Å². The Balaban J connectivity index is 1.90. The maximum absolute atomic E-state index is 13.1. The number of ether oxygens (including phenoxy) is 2. The van der Waals surface area contributed by atoms with E-state index >= 15 is 0 Å². The third-order valence-electron chi connectivity index (χ3n) is 4.47. The highest BCUT2D eigenvalue weighted by molar-refractivity contribution is 6.31. The van der Waals surface area contributed by atoms with Crippen LogP contribution in [0.1, 0.15) is 32.8 Å². The van der Waals surface area contributed by atoms with Gasteiger partial charge in [-0.2, -0.15) is 0 Å². The van der Waals surface area contributed by atoms with Gasteiger partial charge in [0.05, 0.1) is 5.69 Å². The van der Waals surface area contributed by atoms with E-state index in [2.05, 4.69) is 0 Å². The SMILES string of the molecule is CCC(C(=O)OCc1ccccc1)N1C(=O)C(C)(C)Oc2ccc(Cl)cc21. The van der Waals surface area contributed by atoms with E-state index in [9.17, 15) is 9.59 Å². The average molecular weight is 388 g/mol. The molecular formula is C21H22ClNO4. The number of halogens is 1. The van der Waals surface area contributed by atoms with Gasteiger partial charge >= 0.3 is 5.97 Å². The first-order valence-electron chi connectivity index (χ1n) is 8.86. The number of esters is 1. The number of fused-ring (bicyclic) bond motifs is 1. The van der Waals surface area contributed by atoms with E-state index < -0.39 is 17.6 Å². The third-order valence-corrected chi connectivity index (χ3v) is 4.71. The number of carbonyl (C=O) groups excluding carboxylic acids is 2. The van der Waals surface area contributed by atoms with Gasteiger partial charge in [-0.15, -0.1) is 0 Å². The largest absolute Gasteiger partial charge is 0.476 e. The lowest BCUT2D eigenvalue weighted by Crippen LogP contribution is -2.58. The summed E-state index contributed by atoms with van der Waals surface area (Å²) in [4.78, 5) is 27.3. The van der Waals surface area contributed by atoms with Gasteiger partial charge in [0.25, 0.3) is 5.91 Å². The molecule has 0 N–H and O–H groups in total. The van der Waals surface area contributed by atoms with Crippen molar-refractivity contribution in [2.24, 2.45) is 0 Å². The van der Waals surface area contributed by atoms with Crippen LogP contribution in [0.15, 0.2) is 48.5 Å². The predicted octanol–water partition coefficient (Wildman–Crippen LogP) is 4.37. The van der Waals surface area contributed by atoms with Crippen molar-refractivity contribution >= 4 is 29.2 Å². The number of benzene rings is 2. The molecule has 1 heterocycles. The first-order valence-corrected chi connectivity index (χ1v) is 9.24. The van der Waals surface area contributed by atoms with E-state index in [1.807, 2.05) is 37.3 Å². The maximum atomic E-state index is 13.1. The molecule has 3 rings (SSSR count). The van der Waals surface area contributed by atoms with E-state index in [0.717, 1.165) is 5.56 Å². The lowest BCUT2D eigenvalue weighted by molar-refractivity contribution is -0.149. The molecule has 1 amide bonds. The minimum Gasteiger partial charge on any atom is -0.476 e. The molecule has 0 spiro atoms. The van der Waals surface area contributed by atoms with Crippen molar-refractivity contribution in [1.29, 1.82) is 0 Å². The summed E-state index contributed by atoms with van der Waals surface area (Å²) in [6, 6.07) is 13.7. The van der Waals surface area contributed by atoms with E-state index in [0.29, 0.717) is 22.9 Å². The maximum Gasteiger partial charge on any atom is 0.329 e. The minimum absolute atomic E-state index is 0.153. The van der Waals surface area contributed by atoms with Crippen molar-refractivity contribution in [2.45, 2.75) is 45.4 Å². The fourth-order valence-corrected chi connectivity index (χ4v) is 3.24. The second kappa shape index (κ2) is 7.61. The molecule has 142 valence electrons. The number of nitrogens with zero attached hydrogens (tertiary/aromatic N) is 1. The molecule has 0 fully saturated rings. The Kier molecular flexibility index (Phi) is 5.42. The van der Waals surface area contributed by atoms with E-state index in [-0.39, 0.29) is 12.5 Å². The molecule has 0 saturated carbocycles. The Morgan fingerprint density at radius 1 is 1.22 bits per heavy atom. The molecule has 1 atom stereocenters. The Morgan fingerprint density at radius 3 is 2.59 bits per heavy atom. The standard InChI is InChI=1S/C21H22ClNO4/c1-4-16(19(24)26-13-14-8-6-5-7-9-14)23-17-12-15(22)10-11-18(17)27-21(2,3)20(23)25/h5-12,16H,4,13H2,1-3H3. The van der Waals surface area contributed by atoms with Crippen LogP contribution in [0, 0.1) is 0 Å². The van der Waals surface area contributed by atoms with Gasteiger partial charge in [0, 0.05) is 5.02 Å². The Labute approximate surface area is 163 Å². The van der Waals surface area contributed by atoms with Crippen molar-refractivity contribution in [3.8, 4) is 5.75 Å². The fourth-order valence-electron chi connectivity index (χ4n) is 3.07.